The lowest BCUT2D eigenvalue weighted by molar-refractivity contribution is 0.973. The van der Waals surface area contributed by atoms with Gasteiger partial charge in [-0.05, 0) is 26.0 Å². The van der Waals surface area contributed by atoms with Crippen LogP contribution in [0.2, 0.25) is 0 Å². The second kappa shape index (κ2) is 5.75. The molecule has 0 fully saturated rings. The summed E-state index contributed by atoms with van der Waals surface area (Å²) in [5.74, 6) is 0.784. The molecule has 0 aliphatic rings. The summed E-state index contributed by atoms with van der Waals surface area (Å²) in [5.41, 5.74) is 8.38. The van der Waals surface area contributed by atoms with Gasteiger partial charge in [-0.1, -0.05) is 29.9 Å². The fourth-order valence-corrected chi connectivity index (χ4v) is 1.89. The predicted octanol–water partition coefficient (Wildman–Crippen LogP) is 2.58. The quantitative estimate of drug-likeness (QED) is 0.867. The summed E-state index contributed by atoms with van der Waals surface area (Å²) in [7, 11) is 0. The molecule has 4 nitrogen and oxygen atoms in total. The standard InChI is InChI=1S/C14H16N4S/c1-3-18(11-6-4-10(2)5-7-11)13-9-16-12(8-17-13)14(15)19/h4-9H,3H2,1-2H3,(H2,15,19). The Hall–Kier alpha value is -2.01. The number of aromatic nitrogens is 2. The van der Waals surface area contributed by atoms with Crippen LogP contribution in [0.15, 0.2) is 36.7 Å². The number of hydrogen-bond donors (Lipinski definition) is 1. The van der Waals surface area contributed by atoms with Gasteiger partial charge in [0.05, 0.1) is 12.4 Å². The van der Waals surface area contributed by atoms with E-state index < -0.39 is 0 Å². The molecule has 0 amide bonds. The highest BCUT2D eigenvalue weighted by Crippen LogP contribution is 2.22. The molecule has 0 unspecified atom stereocenters. The minimum absolute atomic E-state index is 0.262. The number of nitrogens with two attached hydrogens (primary N) is 1. The normalized spacial score (nSPS) is 10.2. The second-order valence-corrected chi connectivity index (χ2v) is 4.64. The Balaban J connectivity index is 2.31. The molecule has 0 saturated carbocycles. The average Bonchev–Trinajstić information content (AvgIpc) is 2.42. The Morgan fingerprint density at radius 1 is 1.21 bits per heavy atom. The number of hydrogen-bond acceptors (Lipinski definition) is 4. The van der Waals surface area contributed by atoms with Crippen molar-refractivity contribution >= 4 is 28.7 Å². The zero-order chi connectivity index (χ0) is 13.8. The molecule has 2 aromatic rings. The Morgan fingerprint density at radius 2 is 1.89 bits per heavy atom. The van der Waals surface area contributed by atoms with Crippen molar-refractivity contribution in [2.75, 3.05) is 11.4 Å². The Labute approximate surface area is 118 Å². The first-order chi connectivity index (χ1) is 9.11. The number of nitrogens with zero attached hydrogens (tertiary/aromatic N) is 3. The predicted molar refractivity (Wildman–Crippen MR) is 81.8 cm³/mol. The summed E-state index contributed by atoms with van der Waals surface area (Å²) in [5, 5.41) is 0. The number of benzene rings is 1. The molecule has 19 heavy (non-hydrogen) atoms. The van der Waals surface area contributed by atoms with E-state index in [0.717, 1.165) is 18.1 Å². The molecule has 0 saturated heterocycles. The van der Waals surface area contributed by atoms with Crippen molar-refractivity contribution in [2.24, 2.45) is 5.73 Å². The van der Waals surface area contributed by atoms with E-state index in [1.807, 2.05) is 0 Å². The molecule has 0 atom stereocenters. The lowest BCUT2D eigenvalue weighted by Crippen LogP contribution is -2.19. The molecule has 0 radical (unpaired) electrons. The zero-order valence-corrected chi connectivity index (χ0v) is 11.8. The maximum absolute atomic E-state index is 5.52. The van der Waals surface area contributed by atoms with Crippen LogP contribution < -0.4 is 10.6 Å². The molecular formula is C14H16N4S. The number of rotatable bonds is 4. The van der Waals surface area contributed by atoms with Gasteiger partial charge in [0.2, 0.25) is 0 Å². The van der Waals surface area contributed by atoms with Crippen LogP contribution in [0.25, 0.3) is 0 Å². The van der Waals surface area contributed by atoms with Gasteiger partial charge in [-0.25, -0.2) is 9.97 Å². The highest BCUT2D eigenvalue weighted by molar-refractivity contribution is 7.80. The molecular weight excluding hydrogens is 256 g/mol. The molecule has 2 N–H and O–H groups in total. The van der Waals surface area contributed by atoms with Crippen LogP contribution in [0.3, 0.4) is 0 Å². The van der Waals surface area contributed by atoms with Crippen LogP contribution in [0.4, 0.5) is 11.5 Å². The van der Waals surface area contributed by atoms with Crippen molar-refractivity contribution < 1.29 is 0 Å². The highest BCUT2D eigenvalue weighted by Gasteiger charge is 2.09. The maximum Gasteiger partial charge on any atom is 0.151 e. The van der Waals surface area contributed by atoms with Crippen molar-refractivity contribution in [3.8, 4) is 0 Å². The molecule has 5 heteroatoms. The van der Waals surface area contributed by atoms with Crippen molar-refractivity contribution in [3.05, 3.63) is 47.9 Å². The van der Waals surface area contributed by atoms with Gasteiger partial charge < -0.3 is 10.6 Å². The van der Waals surface area contributed by atoms with E-state index in [2.05, 4.69) is 53.0 Å². The Bertz CT molecular complexity index is 563. The van der Waals surface area contributed by atoms with E-state index in [9.17, 15) is 0 Å². The molecule has 1 heterocycles. The first kappa shape index (κ1) is 13.4. The van der Waals surface area contributed by atoms with E-state index in [1.165, 1.54) is 5.56 Å². The SMILES string of the molecule is CCN(c1ccc(C)cc1)c1cnc(C(N)=S)cn1. The molecule has 0 bridgehead atoms. The van der Waals surface area contributed by atoms with Gasteiger partial charge in [0.25, 0.3) is 0 Å². The third kappa shape index (κ3) is 3.06. The van der Waals surface area contributed by atoms with Gasteiger partial charge in [-0.3, -0.25) is 0 Å². The average molecular weight is 272 g/mol. The summed E-state index contributed by atoms with van der Waals surface area (Å²) in [6, 6.07) is 8.30. The van der Waals surface area contributed by atoms with Crippen LogP contribution in [-0.4, -0.2) is 21.5 Å². The molecule has 1 aromatic heterocycles. The van der Waals surface area contributed by atoms with Crippen molar-refractivity contribution in [1.82, 2.24) is 9.97 Å². The highest BCUT2D eigenvalue weighted by atomic mass is 32.1. The van der Waals surface area contributed by atoms with E-state index in [4.69, 9.17) is 18.0 Å². The van der Waals surface area contributed by atoms with E-state index in [1.54, 1.807) is 12.4 Å². The van der Waals surface area contributed by atoms with Gasteiger partial charge in [0.1, 0.15) is 10.7 Å². The number of anilines is 2. The third-order valence-corrected chi connectivity index (χ3v) is 3.04. The lowest BCUT2D eigenvalue weighted by Gasteiger charge is -2.21. The third-order valence-electron chi connectivity index (χ3n) is 2.83. The summed E-state index contributed by atoms with van der Waals surface area (Å²) >= 11 is 4.87. The second-order valence-electron chi connectivity index (χ2n) is 4.20. The molecule has 1 aromatic carbocycles. The summed E-state index contributed by atoms with van der Waals surface area (Å²) in [6.07, 6.45) is 3.30. The van der Waals surface area contributed by atoms with Gasteiger partial charge in [-0.15, -0.1) is 0 Å². The van der Waals surface area contributed by atoms with Gasteiger partial charge in [0.15, 0.2) is 5.82 Å². The minimum atomic E-state index is 0.262. The fourth-order valence-electron chi connectivity index (χ4n) is 1.79. The van der Waals surface area contributed by atoms with Crippen LogP contribution >= 0.6 is 12.2 Å². The smallest absolute Gasteiger partial charge is 0.151 e. The molecule has 0 spiro atoms. The first-order valence-electron chi connectivity index (χ1n) is 6.08. The van der Waals surface area contributed by atoms with Crippen LogP contribution in [-0.2, 0) is 0 Å². The minimum Gasteiger partial charge on any atom is -0.388 e. The Morgan fingerprint density at radius 3 is 2.37 bits per heavy atom. The van der Waals surface area contributed by atoms with Crippen LogP contribution in [0, 0.1) is 6.92 Å². The molecule has 0 aliphatic heterocycles. The van der Waals surface area contributed by atoms with Crippen LogP contribution in [0.1, 0.15) is 18.2 Å². The molecule has 98 valence electrons. The Kier molecular flexibility index (Phi) is 4.06. The largest absolute Gasteiger partial charge is 0.388 e. The topological polar surface area (TPSA) is 55.0 Å². The van der Waals surface area contributed by atoms with Crippen molar-refractivity contribution in [1.29, 1.82) is 0 Å². The van der Waals surface area contributed by atoms with E-state index in [0.29, 0.717) is 5.69 Å². The monoisotopic (exact) mass is 272 g/mol. The van der Waals surface area contributed by atoms with Crippen molar-refractivity contribution in [2.45, 2.75) is 13.8 Å². The van der Waals surface area contributed by atoms with E-state index in [-0.39, 0.29) is 4.99 Å². The number of aryl methyl sites for hydroxylation is 1. The zero-order valence-electron chi connectivity index (χ0n) is 11.0. The van der Waals surface area contributed by atoms with E-state index >= 15 is 0 Å². The number of thiocarbonyl (C=S) groups is 1. The van der Waals surface area contributed by atoms with Gasteiger partial charge in [-0.2, -0.15) is 0 Å². The summed E-state index contributed by atoms with van der Waals surface area (Å²) < 4.78 is 0. The summed E-state index contributed by atoms with van der Waals surface area (Å²) in [6.45, 7) is 4.95. The lowest BCUT2D eigenvalue weighted by atomic mass is 10.2. The maximum atomic E-state index is 5.52. The van der Waals surface area contributed by atoms with Gasteiger partial charge >= 0.3 is 0 Å². The summed E-state index contributed by atoms with van der Waals surface area (Å²) in [4.78, 5) is 10.9. The fraction of sp³-hybridized carbons (Fsp3) is 0.214. The molecule has 0 aliphatic carbocycles. The molecule has 2 rings (SSSR count). The van der Waals surface area contributed by atoms with Crippen LogP contribution in [0.5, 0.6) is 0 Å². The van der Waals surface area contributed by atoms with Gasteiger partial charge in [0, 0.05) is 12.2 Å². The van der Waals surface area contributed by atoms with Crippen molar-refractivity contribution in [3.63, 3.8) is 0 Å². The first-order valence-corrected chi connectivity index (χ1v) is 6.48.